The summed E-state index contributed by atoms with van der Waals surface area (Å²) in [7, 11) is 0. The fourth-order valence-electron chi connectivity index (χ4n) is 2.08. The third-order valence-electron chi connectivity index (χ3n) is 3.23. The van der Waals surface area contributed by atoms with Gasteiger partial charge in [0.2, 0.25) is 5.91 Å². The number of fused-ring (bicyclic) bond motifs is 1. The Bertz CT molecular complexity index is 936. The zero-order valence-corrected chi connectivity index (χ0v) is 12.6. The van der Waals surface area contributed by atoms with Gasteiger partial charge in [0.25, 0.3) is 5.56 Å². The molecular weight excluding hydrogens is 324 g/mol. The molecule has 0 fully saturated rings. The summed E-state index contributed by atoms with van der Waals surface area (Å²) >= 11 is 1.36. The largest absolute Gasteiger partial charge is 0.323 e. The van der Waals surface area contributed by atoms with Gasteiger partial charge in [-0.2, -0.15) is 0 Å². The molecule has 0 atom stereocenters. The lowest BCUT2D eigenvalue weighted by molar-refractivity contribution is -0.116. The SMILES string of the molecule is O=C(CCn1cnc2sccc2c1=O)Nc1cc(F)ccc1F. The van der Waals surface area contributed by atoms with Crippen LogP contribution in [0.1, 0.15) is 6.42 Å². The van der Waals surface area contributed by atoms with Crippen LogP contribution in [-0.4, -0.2) is 15.5 Å². The molecule has 0 aliphatic rings. The highest BCUT2D eigenvalue weighted by atomic mass is 32.1. The standard InChI is InChI=1S/C15H11F2N3O2S/c16-9-1-2-11(17)12(7-9)19-13(21)3-5-20-8-18-14-10(15(20)22)4-6-23-14/h1-2,4,6-8H,3,5H2,(H,19,21). The minimum Gasteiger partial charge on any atom is -0.323 e. The van der Waals surface area contributed by atoms with Crippen molar-refractivity contribution >= 4 is 33.1 Å². The van der Waals surface area contributed by atoms with Crippen molar-refractivity contribution in [3.63, 3.8) is 0 Å². The number of nitrogens with zero attached hydrogens (tertiary/aromatic N) is 2. The Morgan fingerprint density at radius 2 is 2.13 bits per heavy atom. The van der Waals surface area contributed by atoms with Crippen LogP contribution in [0, 0.1) is 11.6 Å². The Morgan fingerprint density at radius 3 is 2.96 bits per heavy atom. The van der Waals surface area contributed by atoms with Crippen molar-refractivity contribution in [1.29, 1.82) is 0 Å². The molecule has 0 radical (unpaired) electrons. The van der Waals surface area contributed by atoms with Gasteiger partial charge < -0.3 is 5.32 Å². The number of aryl methyl sites for hydroxylation is 1. The predicted octanol–water partition coefficient (Wildman–Crippen LogP) is 2.77. The zero-order valence-electron chi connectivity index (χ0n) is 11.8. The molecule has 1 N–H and O–H groups in total. The van der Waals surface area contributed by atoms with Crippen molar-refractivity contribution in [2.75, 3.05) is 5.32 Å². The normalized spacial score (nSPS) is 10.9. The van der Waals surface area contributed by atoms with Crippen molar-refractivity contribution in [3.8, 4) is 0 Å². The molecule has 0 unspecified atom stereocenters. The number of benzene rings is 1. The lowest BCUT2D eigenvalue weighted by atomic mass is 10.3. The fraction of sp³-hybridized carbons (Fsp3) is 0.133. The van der Waals surface area contributed by atoms with E-state index in [9.17, 15) is 18.4 Å². The molecule has 5 nitrogen and oxygen atoms in total. The van der Waals surface area contributed by atoms with Crippen LogP contribution in [-0.2, 0) is 11.3 Å². The van der Waals surface area contributed by atoms with Crippen molar-refractivity contribution in [1.82, 2.24) is 9.55 Å². The molecular formula is C15H11F2N3O2S. The average Bonchev–Trinajstić information content (AvgIpc) is 3.00. The molecule has 1 amide bonds. The first-order valence-electron chi connectivity index (χ1n) is 6.72. The van der Waals surface area contributed by atoms with Gasteiger partial charge in [-0.05, 0) is 23.6 Å². The summed E-state index contributed by atoms with van der Waals surface area (Å²) < 4.78 is 27.8. The summed E-state index contributed by atoms with van der Waals surface area (Å²) in [6, 6.07) is 4.47. The second-order valence-corrected chi connectivity index (χ2v) is 5.70. The van der Waals surface area contributed by atoms with Gasteiger partial charge in [0, 0.05) is 19.0 Å². The number of hydrogen-bond donors (Lipinski definition) is 1. The average molecular weight is 335 g/mol. The second-order valence-electron chi connectivity index (χ2n) is 4.80. The number of nitrogens with one attached hydrogen (secondary N) is 1. The van der Waals surface area contributed by atoms with E-state index in [1.165, 1.54) is 22.2 Å². The van der Waals surface area contributed by atoms with Gasteiger partial charge in [-0.25, -0.2) is 13.8 Å². The zero-order chi connectivity index (χ0) is 16.4. The van der Waals surface area contributed by atoms with Crippen molar-refractivity contribution in [2.45, 2.75) is 13.0 Å². The number of hydrogen-bond acceptors (Lipinski definition) is 4. The first-order valence-corrected chi connectivity index (χ1v) is 7.60. The molecule has 3 aromatic rings. The lowest BCUT2D eigenvalue weighted by Crippen LogP contribution is -2.23. The van der Waals surface area contributed by atoms with E-state index in [0.717, 1.165) is 18.2 Å². The summed E-state index contributed by atoms with van der Waals surface area (Å²) in [6.45, 7) is 0.0976. The number of rotatable bonds is 4. The van der Waals surface area contributed by atoms with Crippen molar-refractivity contribution < 1.29 is 13.6 Å². The summed E-state index contributed by atoms with van der Waals surface area (Å²) in [5.74, 6) is -1.89. The minimum atomic E-state index is -0.724. The van der Waals surface area contributed by atoms with Crippen LogP contribution in [0.2, 0.25) is 0 Å². The van der Waals surface area contributed by atoms with Crippen LogP contribution < -0.4 is 10.9 Å². The maximum absolute atomic E-state index is 13.5. The number of halogens is 2. The molecule has 0 aliphatic carbocycles. The number of amides is 1. The summed E-state index contributed by atoms with van der Waals surface area (Å²) in [4.78, 5) is 28.8. The summed E-state index contributed by atoms with van der Waals surface area (Å²) in [5, 5.41) is 4.55. The molecule has 0 saturated carbocycles. The molecule has 23 heavy (non-hydrogen) atoms. The molecule has 8 heteroatoms. The summed E-state index contributed by atoms with van der Waals surface area (Å²) in [6.07, 6.45) is 1.31. The van der Waals surface area contributed by atoms with Crippen LogP contribution in [0.5, 0.6) is 0 Å². The molecule has 2 heterocycles. The first-order chi connectivity index (χ1) is 11.0. The van der Waals surface area contributed by atoms with E-state index >= 15 is 0 Å². The Kier molecular flexibility index (Phi) is 4.16. The lowest BCUT2D eigenvalue weighted by Gasteiger charge is -2.08. The van der Waals surface area contributed by atoms with Gasteiger partial charge in [0.15, 0.2) is 0 Å². The van der Waals surface area contributed by atoms with Gasteiger partial charge in [0.05, 0.1) is 17.4 Å². The third-order valence-corrected chi connectivity index (χ3v) is 4.05. The Hall–Kier alpha value is -2.61. The predicted molar refractivity (Wildman–Crippen MR) is 83.5 cm³/mol. The van der Waals surface area contributed by atoms with Crippen molar-refractivity contribution in [3.05, 3.63) is 58.0 Å². The monoisotopic (exact) mass is 335 g/mol. The molecule has 0 spiro atoms. The topological polar surface area (TPSA) is 64.0 Å². The second kappa shape index (κ2) is 6.25. The number of thiophene rings is 1. The maximum atomic E-state index is 13.5. The molecule has 118 valence electrons. The first kappa shape index (κ1) is 15.3. The van der Waals surface area contributed by atoms with E-state index in [4.69, 9.17) is 0 Å². The van der Waals surface area contributed by atoms with E-state index in [2.05, 4.69) is 10.3 Å². The Labute approximate surface area is 133 Å². The van der Waals surface area contributed by atoms with Gasteiger partial charge in [-0.3, -0.25) is 14.2 Å². The Balaban J connectivity index is 1.69. The highest BCUT2D eigenvalue weighted by molar-refractivity contribution is 7.16. The molecule has 2 aromatic heterocycles. The van der Waals surface area contributed by atoms with Crippen LogP contribution in [0.25, 0.3) is 10.2 Å². The highest BCUT2D eigenvalue weighted by Gasteiger charge is 2.10. The minimum absolute atomic E-state index is 0.0623. The molecule has 0 bridgehead atoms. The van der Waals surface area contributed by atoms with Crippen LogP contribution >= 0.6 is 11.3 Å². The fourth-order valence-corrected chi connectivity index (χ4v) is 2.80. The van der Waals surface area contributed by atoms with E-state index < -0.39 is 17.5 Å². The van der Waals surface area contributed by atoms with Gasteiger partial charge in [0.1, 0.15) is 16.5 Å². The smallest absolute Gasteiger partial charge is 0.262 e. The van der Waals surface area contributed by atoms with E-state index in [1.54, 1.807) is 11.4 Å². The van der Waals surface area contributed by atoms with E-state index in [0.29, 0.717) is 10.2 Å². The van der Waals surface area contributed by atoms with Gasteiger partial charge in [-0.15, -0.1) is 11.3 Å². The van der Waals surface area contributed by atoms with Crippen LogP contribution in [0.15, 0.2) is 40.8 Å². The van der Waals surface area contributed by atoms with Gasteiger partial charge >= 0.3 is 0 Å². The molecule has 1 aromatic carbocycles. The maximum Gasteiger partial charge on any atom is 0.262 e. The van der Waals surface area contributed by atoms with Crippen molar-refractivity contribution in [2.24, 2.45) is 0 Å². The Morgan fingerprint density at radius 1 is 1.30 bits per heavy atom. The van der Waals surface area contributed by atoms with Crippen LogP contribution in [0.3, 0.4) is 0 Å². The number of carbonyl (C=O) groups is 1. The highest BCUT2D eigenvalue weighted by Crippen LogP contribution is 2.16. The van der Waals surface area contributed by atoms with Gasteiger partial charge in [-0.1, -0.05) is 0 Å². The molecule has 3 rings (SSSR count). The number of aromatic nitrogens is 2. The summed E-state index contributed by atoms with van der Waals surface area (Å²) in [5.41, 5.74) is -0.463. The van der Waals surface area contributed by atoms with Crippen LogP contribution in [0.4, 0.5) is 14.5 Å². The quantitative estimate of drug-likeness (QED) is 0.797. The molecule has 0 saturated heterocycles. The number of anilines is 1. The van der Waals surface area contributed by atoms with E-state index in [-0.39, 0.29) is 24.2 Å². The molecule has 0 aliphatic heterocycles. The number of carbonyl (C=O) groups excluding carboxylic acids is 1. The third kappa shape index (κ3) is 3.26. The van der Waals surface area contributed by atoms with E-state index in [1.807, 2.05) is 0 Å².